The van der Waals surface area contributed by atoms with Crippen molar-refractivity contribution in [1.29, 1.82) is 0 Å². The Morgan fingerprint density at radius 1 is 1.13 bits per heavy atom. The van der Waals surface area contributed by atoms with Gasteiger partial charge < -0.3 is 14.6 Å². The van der Waals surface area contributed by atoms with Gasteiger partial charge in [0.25, 0.3) is 0 Å². The van der Waals surface area contributed by atoms with Crippen molar-refractivity contribution >= 4 is 17.5 Å². The van der Waals surface area contributed by atoms with Crippen molar-refractivity contribution in [3.05, 3.63) is 51.6 Å². The Kier molecular flexibility index (Phi) is 5.97. The number of benzene rings is 2. The van der Waals surface area contributed by atoms with Crippen LogP contribution in [0, 0.1) is 12.8 Å². The molecule has 6 heteroatoms. The highest BCUT2D eigenvalue weighted by Gasteiger charge is 2.39. The molecule has 0 aromatic heterocycles. The largest absolute Gasteiger partial charge is 0.507 e. The van der Waals surface area contributed by atoms with Gasteiger partial charge in [0.05, 0.1) is 18.2 Å². The zero-order valence-electron chi connectivity index (χ0n) is 17.9. The zero-order valence-corrected chi connectivity index (χ0v) is 17.9. The van der Waals surface area contributed by atoms with Gasteiger partial charge >= 0.3 is 5.97 Å². The maximum atomic E-state index is 13.6. The summed E-state index contributed by atoms with van der Waals surface area (Å²) in [7, 11) is 1.41. The smallest absolute Gasteiger partial charge is 0.308 e. The number of phenols is 1. The lowest BCUT2D eigenvalue weighted by Gasteiger charge is -2.26. The van der Waals surface area contributed by atoms with Gasteiger partial charge in [-0.2, -0.15) is 0 Å². The van der Waals surface area contributed by atoms with Gasteiger partial charge in [-0.25, -0.2) is 0 Å². The van der Waals surface area contributed by atoms with Crippen molar-refractivity contribution in [2.24, 2.45) is 5.92 Å². The molecule has 0 heterocycles. The second-order valence-electron chi connectivity index (χ2n) is 7.72. The summed E-state index contributed by atoms with van der Waals surface area (Å²) < 4.78 is 10.6. The SMILES string of the molecule is CC[C@H](C)CCc1c(O)c(C)c(OC)c2c1C(=O)c1c(OC(C)=O)cccc1C2=O. The van der Waals surface area contributed by atoms with Crippen LogP contribution >= 0.6 is 0 Å². The van der Waals surface area contributed by atoms with Crippen LogP contribution in [-0.2, 0) is 11.2 Å². The first-order chi connectivity index (χ1) is 14.2. The van der Waals surface area contributed by atoms with E-state index in [0.29, 0.717) is 23.5 Å². The van der Waals surface area contributed by atoms with Crippen molar-refractivity contribution in [1.82, 2.24) is 0 Å². The summed E-state index contributed by atoms with van der Waals surface area (Å²) >= 11 is 0. The van der Waals surface area contributed by atoms with Gasteiger partial charge in [-0.05, 0) is 31.7 Å². The van der Waals surface area contributed by atoms with E-state index in [1.165, 1.54) is 26.2 Å². The minimum absolute atomic E-state index is 0.0379. The molecule has 1 aliphatic carbocycles. The fourth-order valence-corrected chi connectivity index (χ4v) is 3.92. The van der Waals surface area contributed by atoms with E-state index in [2.05, 4.69) is 13.8 Å². The van der Waals surface area contributed by atoms with Gasteiger partial charge in [-0.3, -0.25) is 14.4 Å². The van der Waals surface area contributed by atoms with E-state index in [-0.39, 0.29) is 39.5 Å². The molecule has 3 rings (SSSR count). The predicted molar refractivity (Wildman–Crippen MR) is 112 cm³/mol. The number of methoxy groups -OCH3 is 1. The number of ketones is 2. The fourth-order valence-electron chi connectivity index (χ4n) is 3.92. The number of ether oxygens (including phenoxy) is 2. The summed E-state index contributed by atoms with van der Waals surface area (Å²) in [5, 5.41) is 10.9. The van der Waals surface area contributed by atoms with Gasteiger partial charge in [0.15, 0.2) is 11.6 Å². The number of carbonyl (C=O) groups excluding carboxylic acids is 3. The lowest BCUT2D eigenvalue weighted by Crippen LogP contribution is -2.25. The van der Waals surface area contributed by atoms with E-state index >= 15 is 0 Å². The lowest BCUT2D eigenvalue weighted by atomic mass is 9.78. The summed E-state index contributed by atoms with van der Waals surface area (Å²) in [4.78, 5) is 38.6. The standard InChI is InChI=1S/C24H26O6/c1-6-12(2)10-11-16-19-20(24(29-5)13(3)21(16)26)22(27)15-8-7-9-17(30-14(4)25)18(15)23(19)28/h7-9,12,26H,6,10-11H2,1-5H3/t12-/m0/s1. The van der Waals surface area contributed by atoms with Crippen LogP contribution in [0.15, 0.2) is 18.2 Å². The minimum atomic E-state index is -0.587. The molecule has 0 bridgehead atoms. The van der Waals surface area contributed by atoms with Crippen LogP contribution in [0.25, 0.3) is 0 Å². The van der Waals surface area contributed by atoms with E-state index in [9.17, 15) is 19.5 Å². The molecule has 0 saturated carbocycles. The summed E-state index contributed by atoms with van der Waals surface area (Å²) in [5.74, 6) is -0.852. The molecule has 0 saturated heterocycles. The molecule has 6 nitrogen and oxygen atoms in total. The van der Waals surface area contributed by atoms with Crippen molar-refractivity contribution in [3.8, 4) is 17.2 Å². The Bertz CT molecular complexity index is 1050. The maximum Gasteiger partial charge on any atom is 0.308 e. The number of hydrogen-bond donors (Lipinski definition) is 1. The van der Waals surface area contributed by atoms with Crippen molar-refractivity contribution < 1.29 is 29.0 Å². The molecular formula is C24H26O6. The summed E-state index contributed by atoms with van der Waals surface area (Å²) in [6.45, 7) is 7.08. The Morgan fingerprint density at radius 3 is 2.43 bits per heavy atom. The maximum absolute atomic E-state index is 13.6. The highest BCUT2D eigenvalue weighted by atomic mass is 16.5. The number of phenolic OH excluding ortho intramolecular Hbond substituents is 1. The predicted octanol–water partition coefficient (Wildman–Crippen LogP) is 4.39. The van der Waals surface area contributed by atoms with Gasteiger partial charge in [-0.15, -0.1) is 0 Å². The van der Waals surface area contributed by atoms with Crippen LogP contribution in [0.3, 0.4) is 0 Å². The second kappa shape index (κ2) is 8.30. The molecule has 0 spiro atoms. The average Bonchev–Trinajstić information content (AvgIpc) is 2.71. The fraction of sp³-hybridized carbons (Fsp3) is 0.375. The summed E-state index contributed by atoms with van der Waals surface area (Å²) in [6, 6.07) is 4.59. The minimum Gasteiger partial charge on any atom is -0.507 e. The van der Waals surface area contributed by atoms with Crippen molar-refractivity contribution in [2.75, 3.05) is 7.11 Å². The number of rotatable bonds is 6. The van der Waals surface area contributed by atoms with Crippen molar-refractivity contribution in [2.45, 2.75) is 47.0 Å². The first-order valence-electron chi connectivity index (χ1n) is 10.1. The van der Waals surface area contributed by atoms with Gasteiger partial charge in [-0.1, -0.05) is 32.4 Å². The molecule has 0 fully saturated rings. The van der Waals surface area contributed by atoms with Crippen LogP contribution in [0.2, 0.25) is 0 Å². The molecule has 0 amide bonds. The topological polar surface area (TPSA) is 89.9 Å². The molecule has 1 atom stereocenters. The van der Waals surface area contributed by atoms with E-state index < -0.39 is 17.5 Å². The molecule has 1 N–H and O–H groups in total. The Labute approximate surface area is 175 Å². The monoisotopic (exact) mass is 410 g/mol. The van der Waals surface area contributed by atoms with Crippen LogP contribution in [0.1, 0.15) is 76.6 Å². The van der Waals surface area contributed by atoms with Gasteiger partial charge in [0.2, 0.25) is 0 Å². The van der Waals surface area contributed by atoms with Crippen LogP contribution in [0.4, 0.5) is 0 Å². The normalized spacial score (nSPS) is 13.5. The highest BCUT2D eigenvalue weighted by Crippen LogP contribution is 2.45. The zero-order chi connectivity index (χ0) is 22.2. The van der Waals surface area contributed by atoms with E-state index in [4.69, 9.17) is 9.47 Å². The van der Waals surface area contributed by atoms with E-state index in [0.717, 1.165) is 12.8 Å². The highest BCUT2D eigenvalue weighted by molar-refractivity contribution is 6.31. The van der Waals surface area contributed by atoms with Crippen LogP contribution < -0.4 is 9.47 Å². The van der Waals surface area contributed by atoms with Gasteiger partial charge in [0, 0.05) is 29.2 Å². The number of esters is 1. The third-order valence-corrected chi connectivity index (χ3v) is 5.75. The molecule has 158 valence electrons. The van der Waals surface area contributed by atoms with E-state index in [1.54, 1.807) is 13.0 Å². The summed E-state index contributed by atoms with van der Waals surface area (Å²) in [6.07, 6.45) is 2.16. The molecule has 2 aromatic rings. The third kappa shape index (κ3) is 3.47. The number of hydrogen-bond acceptors (Lipinski definition) is 6. The molecule has 0 radical (unpaired) electrons. The molecule has 0 unspecified atom stereocenters. The molecule has 1 aliphatic rings. The second-order valence-corrected chi connectivity index (χ2v) is 7.72. The Balaban J connectivity index is 2.30. The third-order valence-electron chi connectivity index (χ3n) is 5.75. The number of carbonyl (C=O) groups is 3. The first-order valence-corrected chi connectivity index (χ1v) is 10.1. The van der Waals surface area contributed by atoms with Crippen LogP contribution in [0.5, 0.6) is 17.2 Å². The molecular weight excluding hydrogens is 384 g/mol. The number of fused-ring (bicyclic) bond motifs is 2. The first kappa shape index (κ1) is 21.6. The van der Waals surface area contributed by atoms with Gasteiger partial charge in [0.1, 0.15) is 17.2 Å². The molecule has 2 aromatic carbocycles. The quantitative estimate of drug-likeness (QED) is 0.479. The molecule has 30 heavy (non-hydrogen) atoms. The average molecular weight is 410 g/mol. The van der Waals surface area contributed by atoms with Crippen LogP contribution in [-0.4, -0.2) is 29.8 Å². The van der Waals surface area contributed by atoms with E-state index in [1.807, 2.05) is 0 Å². The summed E-state index contributed by atoms with van der Waals surface area (Å²) in [5.41, 5.74) is 1.35. The van der Waals surface area contributed by atoms with Crippen molar-refractivity contribution in [3.63, 3.8) is 0 Å². The Hall–Kier alpha value is -3.15. The molecule has 0 aliphatic heterocycles. The lowest BCUT2D eigenvalue weighted by molar-refractivity contribution is -0.131. The number of aromatic hydroxyl groups is 1. The Morgan fingerprint density at radius 2 is 1.83 bits per heavy atom.